The van der Waals surface area contributed by atoms with Crippen LogP contribution in [0.2, 0.25) is 0 Å². The predicted molar refractivity (Wildman–Crippen MR) is 107 cm³/mol. The Balaban J connectivity index is 1.38. The van der Waals surface area contributed by atoms with E-state index in [1.54, 1.807) is 6.21 Å². The standard InChI is InChI=1S/C21H22N4O/c1-16(17-8-3-2-4-9-17)22-13-7-12-21(26)25-24-15-18-14-23-20-11-6-5-10-19(18)20/h2-6,8-11,14-15,22-23H,1,7,12-13H2,(H,25,26)/b24-15+. The molecule has 3 aromatic rings. The van der Waals surface area contributed by atoms with Gasteiger partial charge in [0.15, 0.2) is 0 Å². The lowest BCUT2D eigenvalue weighted by atomic mass is 10.2. The van der Waals surface area contributed by atoms with Crippen LogP contribution in [0.5, 0.6) is 0 Å². The number of hydrogen-bond acceptors (Lipinski definition) is 3. The van der Waals surface area contributed by atoms with E-state index in [2.05, 4.69) is 27.4 Å². The van der Waals surface area contributed by atoms with E-state index >= 15 is 0 Å². The molecule has 1 heterocycles. The van der Waals surface area contributed by atoms with Gasteiger partial charge in [-0.15, -0.1) is 0 Å². The maximum atomic E-state index is 11.9. The van der Waals surface area contributed by atoms with Crippen molar-refractivity contribution >= 4 is 28.7 Å². The van der Waals surface area contributed by atoms with Crippen molar-refractivity contribution in [2.24, 2.45) is 5.10 Å². The molecular formula is C21H22N4O. The zero-order valence-corrected chi connectivity index (χ0v) is 14.5. The molecule has 132 valence electrons. The maximum Gasteiger partial charge on any atom is 0.240 e. The van der Waals surface area contributed by atoms with Gasteiger partial charge in [-0.3, -0.25) is 4.79 Å². The van der Waals surface area contributed by atoms with Crippen LogP contribution in [0.15, 0.2) is 72.5 Å². The summed E-state index contributed by atoms with van der Waals surface area (Å²) >= 11 is 0. The van der Waals surface area contributed by atoms with Crippen LogP contribution in [-0.4, -0.2) is 23.7 Å². The summed E-state index contributed by atoms with van der Waals surface area (Å²) in [6.07, 6.45) is 4.65. The van der Waals surface area contributed by atoms with Crippen molar-refractivity contribution in [3.63, 3.8) is 0 Å². The van der Waals surface area contributed by atoms with Gasteiger partial charge in [-0.25, -0.2) is 5.43 Å². The van der Waals surface area contributed by atoms with Gasteiger partial charge in [-0.05, 0) is 18.1 Å². The lowest BCUT2D eigenvalue weighted by Gasteiger charge is -2.09. The number of H-pyrrole nitrogens is 1. The molecule has 0 spiro atoms. The molecule has 0 aliphatic rings. The van der Waals surface area contributed by atoms with Crippen molar-refractivity contribution < 1.29 is 4.79 Å². The second kappa shape index (κ2) is 8.67. The first-order chi connectivity index (χ1) is 12.7. The molecule has 2 aromatic carbocycles. The molecule has 5 nitrogen and oxygen atoms in total. The topological polar surface area (TPSA) is 69.3 Å². The first-order valence-electron chi connectivity index (χ1n) is 8.60. The van der Waals surface area contributed by atoms with Gasteiger partial charge in [0, 0.05) is 41.3 Å². The molecule has 3 N–H and O–H groups in total. The molecule has 0 saturated carbocycles. The largest absolute Gasteiger partial charge is 0.385 e. The Kier molecular flexibility index (Phi) is 5.83. The summed E-state index contributed by atoms with van der Waals surface area (Å²) in [6, 6.07) is 17.9. The summed E-state index contributed by atoms with van der Waals surface area (Å²) in [6.45, 7) is 4.69. The summed E-state index contributed by atoms with van der Waals surface area (Å²) in [5, 5.41) is 8.36. The smallest absolute Gasteiger partial charge is 0.240 e. The SMILES string of the molecule is C=C(NCCCC(=O)N/N=C/c1c[nH]c2ccccc12)c1ccccc1. The second-order valence-corrected chi connectivity index (χ2v) is 5.96. The third-order valence-electron chi connectivity index (χ3n) is 4.06. The molecular weight excluding hydrogens is 324 g/mol. The quantitative estimate of drug-likeness (QED) is 0.331. The van der Waals surface area contributed by atoms with E-state index < -0.39 is 0 Å². The number of amides is 1. The molecule has 0 aliphatic carbocycles. The number of aromatic amines is 1. The number of hydrazone groups is 1. The molecule has 26 heavy (non-hydrogen) atoms. The number of nitrogens with zero attached hydrogens (tertiary/aromatic N) is 1. The highest BCUT2D eigenvalue weighted by Crippen LogP contribution is 2.15. The van der Waals surface area contributed by atoms with E-state index in [1.165, 1.54) is 0 Å². The molecule has 0 saturated heterocycles. The molecule has 0 bridgehead atoms. The van der Waals surface area contributed by atoms with Gasteiger partial charge in [0.25, 0.3) is 0 Å². The van der Waals surface area contributed by atoms with Gasteiger partial charge in [0.05, 0.1) is 6.21 Å². The van der Waals surface area contributed by atoms with Crippen molar-refractivity contribution in [1.82, 2.24) is 15.7 Å². The number of fused-ring (bicyclic) bond motifs is 1. The minimum Gasteiger partial charge on any atom is -0.385 e. The monoisotopic (exact) mass is 346 g/mol. The Morgan fingerprint density at radius 3 is 2.73 bits per heavy atom. The summed E-state index contributed by atoms with van der Waals surface area (Å²) in [5.74, 6) is -0.104. The van der Waals surface area contributed by atoms with E-state index in [-0.39, 0.29) is 5.91 Å². The van der Waals surface area contributed by atoms with Crippen LogP contribution >= 0.6 is 0 Å². The number of carbonyl (C=O) groups is 1. The Morgan fingerprint density at radius 1 is 1.12 bits per heavy atom. The summed E-state index contributed by atoms with van der Waals surface area (Å²) in [7, 11) is 0. The van der Waals surface area contributed by atoms with Crippen molar-refractivity contribution in [3.8, 4) is 0 Å². The van der Waals surface area contributed by atoms with Crippen LogP contribution in [0.1, 0.15) is 24.0 Å². The molecule has 0 unspecified atom stereocenters. The Labute approximate surface area is 152 Å². The van der Waals surface area contributed by atoms with Crippen molar-refractivity contribution in [1.29, 1.82) is 0 Å². The lowest BCUT2D eigenvalue weighted by Crippen LogP contribution is -2.20. The van der Waals surface area contributed by atoms with Crippen LogP contribution in [0, 0.1) is 0 Å². The van der Waals surface area contributed by atoms with Crippen LogP contribution in [0.25, 0.3) is 16.6 Å². The highest BCUT2D eigenvalue weighted by Gasteiger charge is 2.02. The van der Waals surface area contributed by atoms with Gasteiger partial charge < -0.3 is 10.3 Å². The van der Waals surface area contributed by atoms with E-state index in [4.69, 9.17) is 0 Å². The number of carbonyl (C=O) groups excluding carboxylic acids is 1. The number of para-hydroxylation sites is 1. The molecule has 0 atom stereocenters. The zero-order chi connectivity index (χ0) is 18.2. The summed E-state index contributed by atoms with van der Waals surface area (Å²) in [5.41, 5.74) is 6.48. The molecule has 0 radical (unpaired) electrons. The van der Waals surface area contributed by atoms with Crippen molar-refractivity contribution in [2.75, 3.05) is 6.54 Å². The number of rotatable bonds is 8. The maximum absolute atomic E-state index is 11.9. The first kappa shape index (κ1) is 17.5. The number of hydrogen-bond donors (Lipinski definition) is 3. The fourth-order valence-corrected chi connectivity index (χ4v) is 2.66. The average molecular weight is 346 g/mol. The molecule has 0 aliphatic heterocycles. The Morgan fingerprint density at radius 2 is 1.88 bits per heavy atom. The predicted octanol–water partition coefficient (Wildman–Crippen LogP) is 3.66. The molecule has 1 aromatic heterocycles. The van der Waals surface area contributed by atoms with E-state index in [0.717, 1.165) is 27.7 Å². The minimum absolute atomic E-state index is 0.104. The highest BCUT2D eigenvalue weighted by atomic mass is 16.2. The molecule has 3 rings (SSSR count). The number of nitrogens with one attached hydrogen (secondary N) is 3. The lowest BCUT2D eigenvalue weighted by molar-refractivity contribution is -0.121. The molecule has 0 fully saturated rings. The molecule has 5 heteroatoms. The number of aromatic nitrogens is 1. The summed E-state index contributed by atoms with van der Waals surface area (Å²) < 4.78 is 0. The van der Waals surface area contributed by atoms with Crippen LogP contribution in [-0.2, 0) is 4.79 Å². The fourth-order valence-electron chi connectivity index (χ4n) is 2.66. The zero-order valence-electron chi connectivity index (χ0n) is 14.5. The van der Waals surface area contributed by atoms with Gasteiger partial charge in [0.2, 0.25) is 5.91 Å². The third kappa shape index (κ3) is 4.60. The van der Waals surface area contributed by atoms with Gasteiger partial charge in [0.1, 0.15) is 0 Å². The highest BCUT2D eigenvalue weighted by molar-refractivity contribution is 5.99. The second-order valence-electron chi connectivity index (χ2n) is 5.96. The first-order valence-corrected chi connectivity index (χ1v) is 8.60. The van der Waals surface area contributed by atoms with Crippen molar-refractivity contribution in [2.45, 2.75) is 12.8 Å². The minimum atomic E-state index is -0.104. The van der Waals surface area contributed by atoms with E-state index in [1.807, 2.05) is 60.8 Å². The van der Waals surface area contributed by atoms with Crippen LogP contribution < -0.4 is 10.7 Å². The molecule has 1 amide bonds. The number of benzene rings is 2. The van der Waals surface area contributed by atoms with E-state index in [0.29, 0.717) is 19.4 Å². The van der Waals surface area contributed by atoms with Crippen molar-refractivity contribution in [3.05, 3.63) is 78.5 Å². The third-order valence-corrected chi connectivity index (χ3v) is 4.06. The Hall–Kier alpha value is -3.34. The average Bonchev–Trinajstić information content (AvgIpc) is 3.09. The normalized spacial score (nSPS) is 10.9. The van der Waals surface area contributed by atoms with Gasteiger partial charge in [-0.2, -0.15) is 5.10 Å². The fraction of sp³-hybridized carbons (Fsp3) is 0.143. The van der Waals surface area contributed by atoms with Crippen LogP contribution in [0.4, 0.5) is 0 Å². The van der Waals surface area contributed by atoms with Crippen LogP contribution in [0.3, 0.4) is 0 Å². The summed E-state index contributed by atoms with van der Waals surface area (Å²) in [4.78, 5) is 15.0. The van der Waals surface area contributed by atoms with Gasteiger partial charge in [-0.1, -0.05) is 55.1 Å². The van der Waals surface area contributed by atoms with E-state index in [9.17, 15) is 4.79 Å². The van der Waals surface area contributed by atoms with Gasteiger partial charge >= 0.3 is 0 Å². The Bertz CT molecular complexity index is 912.